The number of aromatic nitrogens is 2. The van der Waals surface area contributed by atoms with E-state index in [9.17, 15) is 9.90 Å². The summed E-state index contributed by atoms with van der Waals surface area (Å²) in [6.45, 7) is 4.96. The Morgan fingerprint density at radius 1 is 1.30 bits per heavy atom. The van der Waals surface area contributed by atoms with Gasteiger partial charge in [-0.3, -0.25) is 4.90 Å². The van der Waals surface area contributed by atoms with Crippen LogP contribution in [-0.4, -0.2) is 65.9 Å². The minimum atomic E-state index is -1.01. The van der Waals surface area contributed by atoms with Crippen molar-refractivity contribution in [1.29, 1.82) is 0 Å². The van der Waals surface area contributed by atoms with Gasteiger partial charge in [-0.2, -0.15) is 0 Å². The third kappa shape index (κ3) is 4.28. The largest absolute Gasteiger partial charge is 0.476 e. The maximum absolute atomic E-state index is 11.5. The number of hydrogen-bond acceptors (Lipinski definition) is 5. The number of fused-ring (bicyclic) bond motifs is 1. The molecule has 126 valence electrons. The van der Waals surface area contributed by atoms with E-state index in [0.29, 0.717) is 44.2 Å². The molecule has 7 heteroatoms. The molecule has 0 amide bonds. The van der Waals surface area contributed by atoms with Crippen LogP contribution in [0.2, 0.25) is 0 Å². The van der Waals surface area contributed by atoms with Gasteiger partial charge in [0.05, 0.1) is 18.9 Å². The molecule has 2 aromatic rings. The van der Waals surface area contributed by atoms with Crippen molar-refractivity contribution in [2.75, 3.05) is 40.5 Å². The molecular weight excluding hydrogens is 298 g/mol. The summed E-state index contributed by atoms with van der Waals surface area (Å²) in [6.07, 6.45) is 1.87. The molecule has 0 unspecified atom stereocenters. The Bertz CT molecular complexity index is 661. The predicted octanol–water partition coefficient (Wildman–Crippen LogP) is 1.44. The molecule has 0 atom stereocenters. The maximum Gasteiger partial charge on any atom is 0.356 e. The predicted molar refractivity (Wildman–Crippen MR) is 85.9 cm³/mol. The third-order valence-electron chi connectivity index (χ3n) is 3.68. The Hall–Kier alpha value is -1.96. The van der Waals surface area contributed by atoms with E-state index in [2.05, 4.69) is 9.88 Å². The Kier molecular flexibility index (Phi) is 6.09. The fourth-order valence-corrected chi connectivity index (χ4v) is 2.44. The molecule has 0 saturated carbocycles. The second-order valence-corrected chi connectivity index (χ2v) is 5.41. The number of carbonyl (C=O) groups is 1. The minimum Gasteiger partial charge on any atom is -0.476 e. The molecule has 0 spiro atoms. The summed E-state index contributed by atoms with van der Waals surface area (Å²) in [7, 11) is 3.29. The van der Waals surface area contributed by atoms with Crippen LogP contribution in [0.4, 0.5) is 0 Å². The molecule has 0 fully saturated rings. The van der Waals surface area contributed by atoms with E-state index in [1.807, 2.05) is 29.7 Å². The second kappa shape index (κ2) is 8.05. The number of carboxylic acids is 1. The quantitative estimate of drug-likeness (QED) is 0.753. The van der Waals surface area contributed by atoms with E-state index < -0.39 is 5.97 Å². The Labute approximate surface area is 135 Å². The molecule has 0 saturated heterocycles. The van der Waals surface area contributed by atoms with Crippen molar-refractivity contribution in [2.24, 2.45) is 0 Å². The molecule has 2 aromatic heterocycles. The summed E-state index contributed by atoms with van der Waals surface area (Å²) in [5, 5.41) is 9.46. The highest BCUT2D eigenvalue weighted by molar-refractivity contribution is 5.88. The van der Waals surface area contributed by atoms with E-state index >= 15 is 0 Å². The molecule has 0 aliphatic heterocycles. The first-order valence-corrected chi connectivity index (χ1v) is 7.48. The fraction of sp³-hybridized carbons (Fsp3) is 0.500. The molecule has 7 nitrogen and oxygen atoms in total. The van der Waals surface area contributed by atoms with Crippen LogP contribution in [0.15, 0.2) is 18.3 Å². The average molecular weight is 321 g/mol. The average Bonchev–Trinajstić information content (AvgIpc) is 2.87. The number of hydrogen-bond donors (Lipinski definition) is 1. The lowest BCUT2D eigenvalue weighted by atomic mass is 10.2. The number of rotatable bonds is 9. The van der Waals surface area contributed by atoms with Gasteiger partial charge in [0.2, 0.25) is 0 Å². The molecule has 0 aliphatic carbocycles. The first kappa shape index (κ1) is 17.4. The van der Waals surface area contributed by atoms with E-state index in [-0.39, 0.29) is 5.69 Å². The van der Waals surface area contributed by atoms with Gasteiger partial charge in [-0.15, -0.1) is 0 Å². The monoisotopic (exact) mass is 321 g/mol. The normalized spacial score (nSPS) is 11.5. The number of pyridine rings is 1. The molecule has 0 radical (unpaired) electrons. The van der Waals surface area contributed by atoms with Crippen LogP contribution in [0.1, 0.15) is 21.7 Å². The van der Waals surface area contributed by atoms with Crippen molar-refractivity contribution in [2.45, 2.75) is 13.5 Å². The van der Waals surface area contributed by atoms with E-state index in [1.54, 1.807) is 14.2 Å². The summed E-state index contributed by atoms with van der Waals surface area (Å²) in [4.78, 5) is 17.9. The topological polar surface area (TPSA) is 76.3 Å². The van der Waals surface area contributed by atoms with Gasteiger partial charge < -0.3 is 19.0 Å². The molecule has 0 aromatic carbocycles. The van der Waals surface area contributed by atoms with Gasteiger partial charge >= 0.3 is 5.97 Å². The first-order chi connectivity index (χ1) is 11.1. The van der Waals surface area contributed by atoms with Crippen molar-refractivity contribution < 1.29 is 19.4 Å². The molecule has 1 N–H and O–H groups in total. The fourth-order valence-electron chi connectivity index (χ4n) is 2.44. The molecule has 0 aliphatic rings. The van der Waals surface area contributed by atoms with Gasteiger partial charge in [0.15, 0.2) is 5.69 Å². The summed E-state index contributed by atoms with van der Waals surface area (Å²) in [5.74, 6) is -1.01. The van der Waals surface area contributed by atoms with Crippen molar-refractivity contribution in [1.82, 2.24) is 14.3 Å². The summed E-state index contributed by atoms with van der Waals surface area (Å²) >= 11 is 0. The Morgan fingerprint density at radius 2 is 1.96 bits per heavy atom. The van der Waals surface area contributed by atoms with Gasteiger partial charge in [0.1, 0.15) is 5.65 Å². The SMILES string of the molecule is COCCN(CCOC)Cc1c(C(=O)O)nc2cc(C)ccn12. The van der Waals surface area contributed by atoms with Crippen LogP contribution >= 0.6 is 0 Å². The summed E-state index contributed by atoms with van der Waals surface area (Å²) in [5.41, 5.74) is 2.45. The number of carboxylic acid groups (broad SMARTS) is 1. The van der Waals surface area contributed by atoms with Crippen molar-refractivity contribution in [3.8, 4) is 0 Å². The zero-order valence-electron chi connectivity index (χ0n) is 13.8. The van der Waals surface area contributed by atoms with Crippen LogP contribution in [0.25, 0.3) is 5.65 Å². The van der Waals surface area contributed by atoms with Crippen LogP contribution in [0.5, 0.6) is 0 Å². The Balaban J connectivity index is 2.34. The van der Waals surface area contributed by atoms with Gasteiger partial charge in [0, 0.05) is 40.1 Å². The standard InChI is InChI=1S/C16H23N3O4/c1-12-4-5-19-13(15(16(20)21)17-14(19)10-12)11-18(6-8-22-2)7-9-23-3/h4-5,10H,6-9,11H2,1-3H3,(H,20,21). The highest BCUT2D eigenvalue weighted by Crippen LogP contribution is 2.16. The molecule has 23 heavy (non-hydrogen) atoms. The van der Waals surface area contributed by atoms with Gasteiger partial charge in [-0.25, -0.2) is 9.78 Å². The molecule has 2 heterocycles. The van der Waals surface area contributed by atoms with E-state index in [0.717, 1.165) is 5.56 Å². The smallest absolute Gasteiger partial charge is 0.356 e. The first-order valence-electron chi connectivity index (χ1n) is 7.48. The lowest BCUT2D eigenvalue weighted by molar-refractivity contribution is 0.0686. The number of imidazole rings is 1. The highest BCUT2D eigenvalue weighted by atomic mass is 16.5. The maximum atomic E-state index is 11.5. The number of aryl methyl sites for hydroxylation is 1. The van der Waals surface area contributed by atoms with Crippen molar-refractivity contribution in [3.05, 3.63) is 35.3 Å². The number of aromatic carboxylic acids is 1. The van der Waals surface area contributed by atoms with Crippen LogP contribution < -0.4 is 0 Å². The summed E-state index contributed by atoms with van der Waals surface area (Å²) in [6, 6.07) is 3.82. The van der Waals surface area contributed by atoms with Crippen LogP contribution in [-0.2, 0) is 16.0 Å². The van der Waals surface area contributed by atoms with Crippen molar-refractivity contribution >= 4 is 11.6 Å². The second-order valence-electron chi connectivity index (χ2n) is 5.41. The minimum absolute atomic E-state index is 0.0930. The number of ether oxygens (including phenoxy) is 2. The zero-order chi connectivity index (χ0) is 16.8. The van der Waals surface area contributed by atoms with E-state index in [4.69, 9.17) is 9.47 Å². The van der Waals surface area contributed by atoms with Gasteiger partial charge in [0.25, 0.3) is 0 Å². The lowest BCUT2D eigenvalue weighted by Crippen LogP contribution is -2.31. The lowest BCUT2D eigenvalue weighted by Gasteiger charge is -2.21. The van der Waals surface area contributed by atoms with Crippen LogP contribution in [0, 0.1) is 6.92 Å². The molecule has 2 rings (SSSR count). The highest BCUT2D eigenvalue weighted by Gasteiger charge is 2.20. The number of nitrogens with zero attached hydrogens (tertiary/aromatic N) is 3. The third-order valence-corrected chi connectivity index (χ3v) is 3.68. The van der Waals surface area contributed by atoms with E-state index in [1.165, 1.54) is 0 Å². The van der Waals surface area contributed by atoms with Gasteiger partial charge in [-0.05, 0) is 24.6 Å². The molecular formula is C16H23N3O4. The molecule has 0 bridgehead atoms. The number of methoxy groups -OCH3 is 2. The zero-order valence-corrected chi connectivity index (χ0v) is 13.8. The van der Waals surface area contributed by atoms with Crippen LogP contribution in [0.3, 0.4) is 0 Å². The summed E-state index contributed by atoms with van der Waals surface area (Å²) < 4.78 is 12.1. The van der Waals surface area contributed by atoms with Crippen molar-refractivity contribution in [3.63, 3.8) is 0 Å². The van der Waals surface area contributed by atoms with Gasteiger partial charge in [-0.1, -0.05) is 0 Å². The Morgan fingerprint density at radius 3 is 2.52 bits per heavy atom.